The van der Waals surface area contributed by atoms with Gasteiger partial charge in [-0.3, -0.25) is 4.79 Å². The third-order valence-corrected chi connectivity index (χ3v) is 2.34. The van der Waals surface area contributed by atoms with Crippen molar-refractivity contribution in [1.82, 2.24) is 5.32 Å². The van der Waals surface area contributed by atoms with Crippen LogP contribution in [0.5, 0.6) is 5.75 Å². The van der Waals surface area contributed by atoms with Gasteiger partial charge in [-0.2, -0.15) is 0 Å². The maximum absolute atomic E-state index is 11.3. The van der Waals surface area contributed by atoms with Crippen molar-refractivity contribution < 1.29 is 19.1 Å². The highest BCUT2D eigenvalue weighted by molar-refractivity contribution is 5.80. The minimum absolute atomic E-state index is 0.200. The van der Waals surface area contributed by atoms with E-state index in [1.165, 1.54) is 7.05 Å². The lowest BCUT2D eigenvalue weighted by Crippen LogP contribution is -2.26. The van der Waals surface area contributed by atoms with E-state index in [-0.39, 0.29) is 19.1 Å². The normalized spacial score (nSPS) is 9.67. The number of aryl methyl sites for hydroxylation is 1. The Labute approximate surface area is 106 Å². The summed E-state index contributed by atoms with van der Waals surface area (Å²) in [5, 5.41) is 2.36. The second-order valence-corrected chi connectivity index (χ2v) is 3.58. The highest BCUT2D eigenvalue weighted by Crippen LogP contribution is 2.17. The molecular weight excluding hydrogens is 234 g/mol. The van der Waals surface area contributed by atoms with Gasteiger partial charge in [-0.1, -0.05) is 25.1 Å². The molecule has 0 fully saturated rings. The standard InChI is InChI=1S/C13H17NO4/c1-3-10-6-4-5-7-11(10)17-9-13(16)18-8-12(15)14-2/h4-7H,3,8-9H2,1-2H3,(H,14,15). The molecule has 1 aromatic rings. The van der Waals surface area contributed by atoms with Gasteiger partial charge in [0.15, 0.2) is 13.2 Å². The summed E-state index contributed by atoms with van der Waals surface area (Å²) < 4.78 is 10.1. The molecule has 98 valence electrons. The zero-order valence-corrected chi connectivity index (χ0v) is 10.6. The van der Waals surface area contributed by atoms with Crippen LogP contribution in [0.2, 0.25) is 0 Å². The number of hydrogen-bond donors (Lipinski definition) is 1. The van der Waals surface area contributed by atoms with Crippen molar-refractivity contribution in [2.45, 2.75) is 13.3 Å². The van der Waals surface area contributed by atoms with E-state index in [9.17, 15) is 9.59 Å². The molecule has 1 amide bonds. The highest BCUT2D eigenvalue weighted by Gasteiger charge is 2.08. The van der Waals surface area contributed by atoms with Crippen LogP contribution in [0, 0.1) is 0 Å². The van der Waals surface area contributed by atoms with Crippen molar-refractivity contribution in [2.75, 3.05) is 20.3 Å². The number of benzene rings is 1. The number of hydrogen-bond acceptors (Lipinski definition) is 4. The molecule has 0 aliphatic heterocycles. The summed E-state index contributed by atoms with van der Waals surface area (Å²) in [6.45, 7) is 1.52. The van der Waals surface area contributed by atoms with Gasteiger partial charge in [0.25, 0.3) is 5.91 Å². The first-order chi connectivity index (χ1) is 8.67. The molecule has 0 unspecified atom stereocenters. The predicted octanol–water partition coefficient (Wildman–Crippen LogP) is 0.917. The SMILES string of the molecule is CCc1ccccc1OCC(=O)OCC(=O)NC. The lowest BCUT2D eigenvalue weighted by Gasteiger charge is -2.09. The molecule has 0 atom stereocenters. The number of amides is 1. The maximum Gasteiger partial charge on any atom is 0.344 e. The van der Waals surface area contributed by atoms with E-state index < -0.39 is 5.97 Å². The Morgan fingerprint density at radius 2 is 1.94 bits per heavy atom. The molecule has 0 saturated heterocycles. The second-order valence-electron chi connectivity index (χ2n) is 3.58. The summed E-state index contributed by atoms with van der Waals surface area (Å²) >= 11 is 0. The first-order valence-electron chi connectivity index (χ1n) is 5.74. The van der Waals surface area contributed by atoms with Crippen molar-refractivity contribution in [1.29, 1.82) is 0 Å². The zero-order chi connectivity index (χ0) is 13.4. The van der Waals surface area contributed by atoms with Crippen molar-refractivity contribution in [3.8, 4) is 5.75 Å². The Balaban J connectivity index is 2.40. The van der Waals surface area contributed by atoms with Crippen LogP contribution in [0.4, 0.5) is 0 Å². The van der Waals surface area contributed by atoms with Gasteiger partial charge in [-0.15, -0.1) is 0 Å². The smallest absolute Gasteiger partial charge is 0.344 e. The average molecular weight is 251 g/mol. The van der Waals surface area contributed by atoms with E-state index in [0.29, 0.717) is 5.75 Å². The van der Waals surface area contributed by atoms with Gasteiger partial charge in [0.2, 0.25) is 0 Å². The van der Waals surface area contributed by atoms with E-state index in [4.69, 9.17) is 9.47 Å². The number of carbonyl (C=O) groups is 2. The fourth-order valence-corrected chi connectivity index (χ4v) is 1.33. The summed E-state index contributed by atoms with van der Waals surface area (Å²) in [5.41, 5.74) is 1.02. The summed E-state index contributed by atoms with van der Waals surface area (Å²) in [6.07, 6.45) is 0.823. The van der Waals surface area contributed by atoms with Crippen LogP contribution >= 0.6 is 0 Å². The largest absolute Gasteiger partial charge is 0.482 e. The molecule has 0 heterocycles. The van der Waals surface area contributed by atoms with E-state index >= 15 is 0 Å². The third-order valence-electron chi connectivity index (χ3n) is 2.34. The molecule has 0 spiro atoms. The Hall–Kier alpha value is -2.04. The summed E-state index contributed by atoms with van der Waals surface area (Å²) in [4.78, 5) is 22.2. The fraction of sp³-hybridized carbons (Fsp3) is 0.385. The van der Waals surface area contributed by atoms with Crippen molar-refractivity contribution in [3.63, 3.8) is 0 Å². The minimum atomic E-state index is -0.565. The molecule has 1 rings (SSSR count). The Morgan fingerprint density at radius 3 is 2.61 bits per heavy atom. The molecule has 18 heavy (non-hydrogen) atoms. The van der Waals surface area contributed by atoms with E-state index in [1.807, 2.05) is 25.1 Å². The number of esters is 1. The Bertz CT molecular complexity index is 417. The number of para-hydroxylation sites is 1. The molecule has 0 saturated carbocycles. The Morgan fingerprint density at radius 1 is 1.22 bits per heavy atom. The van der Waals surface area contributed by atoms with Gasteiger partial charge in [0.05, 0.1) is 0 Å². The average Bonchev–Trinajstić information content (AvgIpc) is 2.42. The zero-order valence-electron chi connectivity index (χ0n) is 10.6. The lowest BCUT2D eigenvalue weighted by atomic mass is 10.1. The minimum Gasteiger partial charge on any atom is -0.482 e. The molecular formula is C13H17NO4. The topological polar surface area (TPSA) is 64.6 Å². The van der Waals surface area contributed by atoms with E-state index in [2.05, 4.69) is 5.32 Å². The molecule has 0 aliphatic carbocycles. The Kier molecular flexibility index (Phi) is 5.70. The maximum atomic E-state index is 11.3. The molecule has 0 aliphatic rings. The quantitative estimate of drug-likeness (QED) is 0.763. The van der Waals surface area contributed by atoms with Crippen molar-refractivity contribution >= 4 is 11.9 Å². The first kappa shape index (κ1) is 14.0. The number of nitrogens with one attached hydrogen (secondary N) is 1. The fourth-order valence-electron chi connectivity index (χ4n) is 1.33. The molecule has 1 N–H and O–H groups in total. The molecule has 0 radical (unpaired) electrons. The van der Waals surface area contributed by atoms with Gasteiger partial charge < -0.3 is 14.8 Å². The van der Waals surface area contributed by atoms with Crippen molar-refractivity contribution in [2.24, 2.45) is 0 Å². The number of ether oxygens (including phenoxy) is 2. The van der Waals surface area contributed by atoms with Crippen LogP contribution in [-0.4, -0.2) is 32.1 Å². The first-order valence-corrected chi connectivity index (χ1v) is 5.74. The van der Waals surface area contributed by atoms with E-state index in [1.54, 1.807) is 6.07 Å². The van der Waals surface area contributed by atoms with Crippen LogP contribution in [0.1, 0.15) is 12.5 Å². The van der Waals surface area contributed by atoms with Gasteiger partial charge in [-0.05, 0) is 18.1 Å². The monoisotopic (exact) mass is 251 g/mol. The summed E-state index contributed by atoms with van der Waals surface area (Å²) in [7, 11) is 1.48. The molecule has 0 aromatic heterocycles. The molecule has 1 aromatic carbocycles. The highest BCUT2D eigenvalue weighted by atomic mass is 16.6. The van der Waals surface area contributed by atoms with Crippen LogP contribution < -0.4 is 10.1 Å². The van der Waals surface area contributed by atoms with Crippen LogP contribution in [0.3, 0.4) is 0 Å². The number of rotatable bonds is 6. The molecule has 5 heteroatoms. The van der Waals surface area contributed by atoms with Crippen LogP contribution in [0.15, 0.2) is 24.3 Å². The van der Waals surface area contributed by atoms with Gasteiger partial charge in [0, 0.05) is 7.05 Å². The molecule has 5 nitrogen and oxygen atoms in total. The predicted molar refractivity (Wildman–Crippen MR) is 66.3 cm³/mol. The van der Waals surface area contributed by atoms with Gasteiger partial charge >= 0.3 is 5.97 Å². The van der Waals surface area contributed by atoms with Crippen LogP contribution in [-0.2, 0) is 20.7 Å². The summed E-state index contributed by atoms with van der Waals surface area (Å²) in [5.74, 6) is -0.251. The summed E-state index contributed by atoms with van der Waals surface area (Å²) in [6, 6.07) is 7.48. The number of carbonyl (C=O) groups excluding carboxylic acids is 2. The molecule has 0 bridgehead atoms. The third kappa shape index (κ3) is 4.45. The van der Waals surface area contributed by atoms with Gasteiger partial charge in [-0.25, -0.2) is 4.79 Å². The van der Waals surface area contributed by atoms with Gasteiger partial charge in [0.1, 0.15) is 5.75 Å². The van der Waals surface area contributed by atoms with E-state index in [0.717, 1.165) is 12.0 Å². The lowest BCUT2D eigenvalue weighted by molar-refractivity contribution is -0.150. The number of likely N-dealkylation sites (N-methyl/N-ethyl adjacent to an activating group) is 1. The second kappa shape index (κ2) is 7.32. The van der Waals surface area contributed by atoms with Crippen LogP contribution in [0.25, 0.3) is 0 Å². The van der Waals surface area contributed by atoms with Crippen molar-refractivity contribution in [3.05, 3.63) is 29.8 Å².